The minimum Gasteiger partial charge on any atom is -0.337 e. The Morgan fingerprint density at radius 1 is 0.889 bits per heavy atom. The lowest BCUT2D eigenvalue weighted by Gasteiger charge is -2.21. The molecule has 0 spiro atoms. The number of hydrogen-bond donors (Lipinski definition) is 1. The Kier molecular flexibility index (Phi) is 6.65. The zero-order chi connectivity index (χ0) is 19.1. The Bertz CT molecular complexity index is 806. The van der Waals surface area contributed by atoms with E-state index in [1.807, 2.05) is 60.7 Å². The van der Waals surface area contributed by atoms with Gasteiger partial charge in [0, 0.05) is 42.4 Å². The van der Waals surface area contributed by atoms with Crippen LogP contribution in [0.5, 0.6) is 0 Å². The first-order valence-corrected chi connectivity index (χ1v) is 9.75. The van der Waals surface area contributed by atoms with Crippen LogP contribution >= 0.6 is 15.9 Å². The van der Waals surface area contributed by atoms with E-state index in [1.165, 1.54) is 0 Å². The Morgan fingerprint density at radius 2 is 1.56 bits per heavy atom. The van der Waals surface area contributed by atoms with Crippen LogP contribution in [0.15, 0.2) is 65.1 Å². The van der Waals surface area contributed by atoms with Crippen molar-refractivity contribution in [3.05, 3.63) is 70.7 Å². The van der Waals surface area contributed by atoms with Gasteiger partial charge in [0.05, 0.1) is 0 Å². The molecule has 2 aromatic rings. The van der Waals surface area contributed by atoms with Crippen molar-refractivity contribution in [2.24, 2.45) is 0 Å². The van der Waals surface area contributed by atoms with Gasteiger partial charge in [-0.1, -0.05) is 46.3 Å². The van der Waals surface area contributed by atoms with Crippen molar-refractivity contribution in [1.29, 1.82) is 0 Å². The van der Waals surface area contributed by atoms with E-state index in [-0.39, 0.29) is 11.9 Å². The highest BCUT2D eigenvalue weighted by molar-refractivity contribution is 9.10. The molecule has 0 aliphatic carbocycles. The van der Waals surface area contributed by atoms with E-state index < -0.39 is 0 Å². The second kappa shape index (κ2) is 9.37. The molecule has 1 fully saturated rings. The number of anilines is 1. The standard InChI is InChI=1S/C21H22BrN3O2/c22-18-10-7-17(8-11-18)9-12-20(26)24-13-4-14-25(16-15-24)21(27)23-19-5-2-1-3-6-19/h1-3,5-12H,4,13-16H2,(H,23,27). The molecule has 1 heterocycles. The summed E-state index contributed by atoms with van der Waals surface area (Å²) in [5.41, 5.74) is 1.75. The van der Waals surface area contributed by atoms with Crippen LogP contribution in [-0.4, -0.2) is 47.9 Å². The molecule has 0 radical (unpaired) electrons. The first kappa shape index (κ1) is 19.2. The number of hydrogen-bond acceptors (Lipinski definition) is 2. The van der Waals surface area contributed by atoms with E-state index in [0.29, 0.717) is 26.2 Å². The van der Waals surface area contributed by atoms with Gasteiger partial charge in [0.1, 0.15) is 0 Å². The third-order valence-electron chi connectivity index (χ3n) is 4.41. The van der Waals surface area contributed by atoms with Gasteiger partial charge < -0.3 is 15.1 Å². The number of halogens is 1. The van der Waals surface area contributed by atoms with Gasteiger partial charge in [0.25, 0.3) is 0 Å². The molecule has 3 amide bonds. The summed E-state index contributed by atoms with van der Waals surface area (Å²) in [6.45, 7) is 2.35. The Hall–Kier alpha value is -2.60. The van der Waals surface area contributed by atoms with Crippen molar-refractivity contribution >= 4 is 39.6 Å². The van der Waals surface area contributed by atoms with Crippen LogP contribution in [0.25, 0.3) is 6.08 Å². The van der Waals surface area contributed by atoms with Crippen LogP contribution in [0.1, 0.15) is 12.0 Å². The highest BCUT2D eigenvalue weighted by atomic mass is 79.9. The summed E-state index contributed by atoms with van der Waals surface area (Å²) in [6.07, 6.45) is 4.18. The van der Waals surface area contributed by atoms with Gasteiger partial charge in [-0.25, -0.2) is 4.79 Å². The van der Waals surface area contributed by atoms with Gasteiger partial charge in [0.2, 0.25) is 5.91 Å². The van der Waals surface area contributed by atoms with E-state index in [9.17, 15) is 9.59 Å². The van der Waals surface area contributed by atoms with Gasteiger partial charge in [-0.05, 0) is 42.3 Å². The largest absolute Gasteiger partial charge is 0.337 e. The molecule has 27 heavy (non-hydrogen) atoms. The second-order valence-corrected chi connectivity index (χ2v) is 7.26. The van der Waals surface area contributed by atoms with Crippen molar-refractivity contribution in [3.63, 3.8) is 0 Å². The minimum absolute atomic E-state index is 0.0248. The number of nitrogens with zero attached hydrogens (tertiary/aromatic N) is 2. The quantitative estimate of drug-likeness (QED) is 0.745. The van der Waals surface area contributed by atoms with E-state index in [2.05, 4.69) is 21.2 Å². The lowest BCUT2D eigenvalue weighted by Crippen LogP contribution is -2.39. The number of nitrogens with one attached hydrogen (secondary N) is 1. The molecule has 0 bridgehead atoms. The van der Waals surface area contributed by atoms with E-state index >= 15 is 0 Å². The van der Waals surface area contributed by atoms with Gasteiger partial charge >= 0.3 is 6.03 Å². The maximum atomic E-state index is 12.5. The predicted octanol–water partition coefficient (Wildman–Crippen LogP) is 4.23. The first-order chi connectivity index (χ1) is 13.1. The van der Waals surface area contributed by atoms with Gasteiger partial charge in [-0.2, -0.15) is 0 Å². The first-order valence-electron chi connectivity index (χ1n) is 8.95. The summed E-state index contributed by atoms with van der Waals surface area (Å²) in [6, 6.07) is 17.1. The van der Waals surface area contributed by atoms with Crippen LogP contribution in [0.3, 0.4) is 0 Å². The molecule has 0 saturated carbocycles. The topological polar surface area (TPSA) is 52.7 Å². The molecule has 1 aliphatic heterocycles. The number of amides is 3. The summed E-state index contributed by atoms with van der Waals surface area (Å²) in [7, 11) is 0. The summed E-state index contributed by atoms with van der Waals surface area (Å²) in [4.78, 5) is 28.5. The van der Waals surface area contributed by atoms with Gasteiger partial charge in [-0.3, -0.25) is 4.79 Å². The summed E-state index contributed by atoms with van der Waals surface area (Å²) in [5.74, 6) is -0.0248. The number of rotatable bonds is 3. The molecule has 1 N–H and O–H groups in total. The number of carbonyl (C=O) groups excluding carboxylic acids is 2. The van der Waals surface area contributed by atoms with E-state index in [4.69, 9.17) is 0 Å². The maximum Gasteiger partial charge on any atom is 0.321 e. The molecule has 1 saturated heterocycles. The molecule has 3 rings (SSSR count). The van der Waals surface area contributed by atoms with Crippen LogP contribution in [0.4, 0.5) is 10.5 Å². The summed E-state index contributed by atoms with van der Waals surface area (Å²) in [5, 5.41) is 2.90. The van der Waals surface area contributed by atoms with Crippen molar-refractivity contribution < 1.29 is 9.59 Å². The highest BCUT2D eigenvalue weighted by Gasteiger charge is 2.21. The van der Waals surface area contributed by atoms with Crippen molar-refractivity contribution in [3.8, 4) is 0 Å². The molecule has 1 aliphatic rings. The van der Waals surface area contributed by atoms with Crippen LogP contribution in [0, 0.1) is 0 Å². The smallest absolute Gasteiger partial charge is 0.321 e. The fourth-order valence-electron chi connectivity index (χ4n) is 2.91. The third-order valence-corrected chi connectivity index (χ3v) is 4.94. The predicted molar refractivity (Wildman–Crippen MR) is 111 cm³/mol. The highest BCUT2D eigenvalue weighted by Crippen LogP contribution is 2.13. The summed E-state index contributed by atoms with van der Waals surface area (Å²) >= 11 is 3.40. The number of para-hydroxylation sites is 1. The Balaban J connectivity index is 1.53. The van der Waals surface area contributed by atoms with Gasteiger partial charge in [-0.15, -0.1) is 0 Å². The summed E-state index contributed by atoms with van der Waals surface area (Å²) < 4.78 is 1.01. The van der Waals surface area contributed by atoms with Crippen LogP contribution in [-0.2, 0) is 4.79 Å². The zero-order valence-corrected chi connectivity index (χ0v) is 16.6. The third kappa shape index (κ3) is 5.69. The molecule has 0 aromatic heterocycles. The molecule has 6 heteroatoms. The normalized spacial score (nSPS) is 14.9. The van der Waals surface area contributed by atoms with Crippen LogP contribution in [0.2, 0.25) is 0 Å². The molecule has 140 valence electrons. The fourth-order valence-corrected chi connectivity index (χ4v) is 3.18. The average Bonchev–Trinajstić information content (AvgIpc) is 2.94. The number of carbonyl (C=O) groups is 2. The molecule has 5 nitrogen and oxygen atoms in total. The maximum absolute atomic E-state index is 12.5. The minimum atomic E-state index is -0.124. The molecule has 0 unspecified atom stereocenters. The molecular weight excluding hydrogens is 406 g/mol. The van der Waals surface area contributed by atoms with Crippen LogP contribution < -0.4 is 5.32 Å². The number of urea groups is 1. The lowest BCUT2D eigenvalue weighted by molar-refractivity contribution is -0.125. The lowest BCUT2D eigenvalue weighted by atomic mass is 10.2. The SMILES string of the molecule is O=C(C=Cc1ccc(Br)cc1)N1CCCN(C(=O)Nc2ccccc2)CC1. The Labute approximate surface area is 167 Å². The Morgan fingerprint density at radius 3 is 2.30 bits per heavy atom. The van der Waals surface area contributed by atoms with Crippen molar-refractivity contribution in [2.75, 3.05) is 31.5 Å². The fraction of sp³-hybridized carbons (Fsp3) is 0.238. The second-order valence-electron chi connectivity index (χ2n) is 6.35. The van der Waals surface area contributed by atoms with Crippen molar-refractivity contribution in [2.45, 2.75) is 6.42 Å². The molecule has 2 aromatic carbocycles. The average molecular weight is 428 g/mol. The number of benzene rings is 2. The monoisotopic (exact) mass is 427 g/mol. The van der Waals surface area contributed by atoms with Crippen molar-refractivity contribution in [1.82, 2.24) is 9.80 Å². The zero-order valence-electron chi connectivity index (χ0n) is 15.0. The van der Waals surface area contributed by atoms with E-state index in [0.717, 1.165) is 22.1 Å². The van der Waals surface area contributed by atoms with Gasteiger partial charge in [0.15, 0.2) is 0 Å². The van der Waals surface area contributed by atoms with E-state index in [1.54, 1.807) is 15.9 Å². The molecular formula is C21H22BrN3O2. The molecule has 0 atom stereocenters.